The number of hydrogen-bond acceptors (Lipinski definition) is 5. The highest BCUT2D eigenvalue weighted by Gasteiger charge is 2.09. The molecule has 3 N–H and O–H groups in total. The van der Waals surface area contributed by atoms with Crippen LogP contribution in [0.5, 0.6) is 0 Å². The molecule has 1 aromatic heterocycles. The molecule has 9 heteroatoms. The Morgan fingerprint density at radius 2 is 2.20 bits per heavy atom. The Labute approximate surface area is 148 Å². The minimum absolute atomic E-state index is 0.00134. The van der Waals surface area contributed by atoms with Gasteiger partial charge in [-0.15, -0.1) is 0 Å². The van der Waals surface area contributed by atoms with Crippen molar-refractivity contribution in [2.45, 2.75) is 25.9 Å². The van der Waals surface area contributed by atoms with Gasteiger partial charge >= 0.3 is 0 Å². The topological polar surface area (TPSA) is 112 Å². The predicted octanol–water partition coefficient (Wildman–Crippen LogP) is 0.960. The van der Waals surface area contributed by atoms with Crippen LogP contribution in [0.2, 0.25) is 0 Å². The Hall–Kier alpha value is -2.42. The summed E-state index contributed by atoms with van der Waals surface area (Å²) in [6.07, 6.45) is 3.25. The summed E-state index contributed by atoms with van der Waals surface area (Å²) in [5.74, 6) is 1.50. The molecule has 136 valence electrons. The number of rotatable bonds is 7. The number of nitrogens with one attached hydrogen (secondary N) is 3. The first-order valence-electron chi connectivity index (χ1n) is 7.97. The van der Waals surface area contributed by atoms with Gasteiger partial charge in [0.2, 0.25) is 0 Å². The van der Waals surface area contributed by atoms with Gasteiger partial charge in [-0.1, -0.05) is 18.2 Å². The number of benzene rings is 1. The number of sulfone groups is 1. The molecule has 1 aromatic carbocycles. The first kappa shape index (κ1) is 18.9. The zero-order valence-corrected chi connectivity index (χ0v) is 15.5. The van der Waals surface area contributed by atoms with Gasteiger partial charge in [0.05, 0.1) is 5.75 Å². The zero-order chi connectivity index (χ0) is 18.3. The van der Waals surface area contributed by atoms with Gasteiger partial charge in [0.25, 0.3) is 0 Å². The van der Waals surface area contributed by atoms with Crippen molar-refractivity contribution in [1.29, 1.82) is 0 Å². The third kappa shape index (κ3) is 6.54. The molecule has 0 saturated carbocycles. The van der Waals surface area contributed by atoms with Crippen LogP contribution in [-0.2, 0) is 16.4 Å². The Morgan fingerprint density at radius 3 is 2.84 bits per heavy atom. The van der Waals surface area contributed by atoms with Crippen molar-refractivity contribution in [3.8, 4) is 11.4 Å². The maximum atomic E-state index is 11.2. The highest BCUT2D eigenvalue weighted by molar-refractivity contribution is 7.90. The third-order valence-corrected chi connectivity index (χ3v) is 4.58. The minimum atomic E-state index is -2.96. The lowest BCUT2D eigenvalue weighted by Crippen LogP contribution is -2.42. The molecule has 25 heavy (non-hydrogen) atoms. The molecule has 0 amide bonds. The Balaban J connectivity index is 1.89. The third-order valence-electron chi connectivity index (χ3n) is 3.60. The molecular weight excluding hydrogens is 340 g/mol. The Morgan fingerprint density at radius 1 is 1.40 bits per heavy atom. The molecular formula is C16H24N6O2S. The van der Waals surface area contributed by atoms with Crippen molar-refractivity contribution >= 4 is 15.8 Å². The monoisotopic (exact) mass is 364 g/mol. The minimum Gasteiger partial charge on any atom is -0.354 e. The second-order valence-electron chi connectivity index (χ2n) is 5.92. The maximum Gasteiger partial charge on any atom is 0.191 e. The molecule has 0 saturated heterocycles. The fraction of sp³-hybridized carbons (Fsp3) is 0.438. The van der Waals surface area contributed by atoms with E-state index in [2.05, 4.69) is 30.8 Å². The summed E-state index contributed by atoms with van der Waals surface area (Å²) in [5.41, 5.74) is 2.03. The largest absolute Gasteiger partial charge is 0.354 e. The summed E-state index contributed by atoms with van der Waals surface area (Å²) in [5, 5.41) is 13.1. The van der Waals surface area contributed by atoms with Crippen LogP contribution in [0.1, 0.15) is 18.9 Å². The molecule has 1 unspecified atom stereocenters. The van der Waals surface area contributed by atoms with Gasteiger partial charge in [-0.05, 0) is 25.0 Å². The van der Waals surface area contributed by atoms with Crippen LogP contribution >= 0.6 is 0 Å². The van der Waals surface area contributed by atoms with E-state index < -0.39 is 9.84 Å². The van der Waals surface area contributed by atoms with E-state index in [1.807, 2.05) is 31.2 Å². The van der Waals surface area contributed by atoms with E-state index in [1.165, 1.54) is 12.6 Å². The first-order chi connectivity index (χ1) is 11.9. The SMILES string of the molecule is CN=C(NCc1cccc(-c2ncn[nH]2)c1)NC(C)CCS(C)(=O)=O. The molecule has 0 aliphatic rings. The summed E-state index contributed by atoms with van der Waals surface area (Å²) in [4.78, 5) is 8.32. The van der Waals surface area contributed by atoms with Gasteiger partial charge in [0.1, 0.15) is 16.2 Å². The van der Waals surface area contributed by atoms with Crippen LogP contribution in [0.3, 0.4) is 0 Å². The van der Waals surface area contributed by atoms with Crippen LogP contribution in [0.15, 0.2) is 35.6 Å². The number of hydrogen-bond donors (Lipinski definition) is 3. The molecule has 1 heterocycles. The number of aromatic nitrogens is 3. The summed E-state index contributed by atoms with van der Waals surface area (Å²) >= 11 is 0. The number of aliphatic imine (C=N–C) groups is 1. The number of aromatic amines is 1. The molecule has 2 rings (SSSR count). The highest BCUT2D eigenvalue weighted by atomic mass is 32.2. The van der Waals surface area contributed by atoms with Crippen LogP contribution < -0.4 is 10.6 Å². The van der Waals surface area contributed by atoms with Crippen molar-refractivity contribution in [3.63, 3.8) is 0 Å². The predicted molar refractivity (Wildman–Crippen MR) is 98.9 cm³/mol. The number of H-pyrrole nitrogens is 1. The second-order valence-corrected chi connectivity index (χ2v) is 8.18. The lowest BCUT2D eigenvalue weighted by atomic mass is 10.1. The van der Waals surface area contributed by atoms with Crippen molar-refractivity contribution < 1.29 is 8.42 Å². The molecule has 0 radical (unpaired) electrons. The van der Waals surface area contributed by atoms with Crippen LogP contribution in [0.25, 0.3) is 11.4 Å². The van der Waals surface area contributed by atoms with E-state index in [0.717, 1.165) is 17.0 Å². The van der Waals surface area contributed by atoms with Gasteiger partial charge in [0, 0.05) is 31.5 Å². The fourth-order valence-corrected chi connectivity index (χ4v) is 3.03. The standard InChI is InChI=1S/C16H24N6O2S/c1-12(7-8-25(3,23)24)21-16(17-2)18-10-13-5-4-6-14(9-13)15-19-11-20-22-15/h4-6,9,11-12H,7-8,10H2,1-3H3,(H2,17,18,21)(H,19,20,22). The molecule has 0 bridgehead atoms. The van der Waals surface area contributed by atoms with E-state index in [4.69, 9.17) is 0 Å². The van der Waals surface area contributed by atoms with Crippen molar-refractivity contribution in [1.82, 2.24) is 25.8 Å². The normalized spacial score (nSPS) is 13.5. The average Bonchev–Trinajstić information content (AvgIpc) is 3.11. The fourth-order valence-electron chi connectivity index (χ4n) is 2.25. The molecule has 2 aromatic rings. The molecule has 8 nitrogen and oxygen atoms in total. The van der Waals surface area contributed by atoms with Crippen molar-refractivity contribution in [2.24, 2.45) is 4.99 Å². The molecule has 1 atom stereocenters. The van der Waals surface area contributed by atoms with E-state index >= 15 is 0 Å². The van der Waals surface area contributed by atoms with Gasteiger partial charge < -0.3 is 10.6 Å². The van der Waals surface area contributed by atoms with E-state index in [0.29, 0.717) is 18.9 Å². The average molecular weight is 364 g/mol. The summed E-state index contributed by atoms with van der Waals surface area (Å²) < 4.78 is 22.5. The molecule has 0 fully saturated rings. The molecule has 0 spiro atoms. The maximum absolute atomic E-state index is 11.2. The summed E-state index contributed by atoms with van der Waals surface area (Å²) in [6, 6.07) is 7.95. The zero-order valence-electron chi connectivity index (χ0n) is 14.7. The molecule has 0 aliphatic carbocycles. The van der Waals surface area contributed by atoms with E-state index in [-0.39, 0.29) is 11.8 Å². The van der Waals surface area contributed by atoms with E-state index in [9.17, 15) is 8.42 Å². The van der Waals surface area contributed by atoms with Gasteiger partial charge in [-0.25, -0.2) is 13.4 Å². The molecule has 0 aliphatic heterocycles. The van der Waals surface area contributed by atoms with Gasteiger partial charge in [0.15, 0.2) is 11.8 Å². The summed E-state index contributed by atoms with van der Waals surface area (Å²) in [6.45, 7) is 2.52. The van der Waals surface area contributed by atoms with Crippen molar-refractivity contribution in [3.05, 3.63) is 36.2 Å². The van der Waals surface area contributed by atoms with Crippen LogP contribution in [0, 0.1) is 0 Å². The Kier molecular flexibility index (Phi) is 6.51. The Bertz CT molecular complexity index is 802. The number of nitrogens with zero attached hydrogens (tertiary/aromatic N) is 3. The van der Waals surface area contributed by atoms with Gasteiger partial charge in [-0.3, -0.25) is 10.1 Å². The quantitative estimate of drug-likeness (QED) is 0.498. The lowest BCUT2D eigenvalue weighted by Gasteiger charge is -2.17. The van der Waals surface area contributed by atoms with Crippen LogP contribution in [0.4, 0.5) is 0 Å². The highest BCUT2D eigenvalue weighted by Crippen LogP contribution is 2.15. The first-order valence-corrected chi connectivity index (χ1v) is 10.0. The van der Waals surface area contributed by atoms with Crippen LogP contribution in [-0.4, -0.2) is 54.7 Å². The number of guanidine groups is 1. The summed E-state index contributed by atoms with van der Waals surface area (Å²) in [7, 11) is -1.27. The second kappa shape index (κ2) is 8.61. The lowest BCUT2D eigenvalue weighted by molar-refractivity contribution is 0.581. The smallest absolute Gasteiger partial charge is 0.191 e. The van der Waals surface area contributed by atoms with Gasteiger partial charge in [-0.2, -0.15) is 5.10 Å². The van der Waals surface area contributed by atoms with Crippen molar-refractivity contribution in [2.75, 3.05) is 19.1 Å². The van der Waals surface area contributed by atoms with E-state index in [1.54, 1.807) is 7.05 Å².